The van der Waals surface area contributed by atoms with Crippen LogP contribution in [0, 0.1) is 12.8 Å². The van der Waals surface area contributed by atoms with E-state index in [1.165, 1.54) is 22.7 Å². The molecule has 1 aromatic carbocycles. The fourth-order valence-electron chi connectivity index (χ4n) is 5.21. The highest BCUT2D eigenvalue weighted by Crippen LogP contribution is 2.33. The SMILES string of the molecule is CCCOc1ccc(S(=O)(=O)N2CCC(CCO)CC2)cc1-c1nn2c(CCC)c(C=NO)c(C)c2c(=O)[nH]1. The van der Waals surface area contributed by atoms with E-state index in [0.29, 0.717) is 79.3 Å². The summed E-state index contributed by atoms with van der Waals surface area (Å²) in [5.74, 6) is 0.904. The summed E-state index contributed by atoms with van der Waals surface area (Å²) < 4.78 is 36.2. The molecule has 0 bridgehead atoms. The van der Waals surface area contributed by atoms with Gasteiger partial charge in [-0.15, -0.1) is 5.10 Å². The van der Waals surface area contributed by atoms with Gasteiger partial charge >= 0.3 is 0 Å². The monoisotopic (exact) mass is 559 g/mol. The Hall–Kier alpha value is -3.22. The van der Waals surface area contributed by atoms with Crippen molar-refractivity contribution in [2.24, 2.45) is 11.1 Å². The van der Waals surface area contributed by atoms with Gasteiger partial charge in [-0.05, 0) is 68.7 Å². The number of oxime groups is 1. The fraction of sp³-hybridized carbons (Fsp3) is 0.519. The Kier molecular flexibility index (Phi) is 9.08. The zero-order valence-corrected chi connectivity index (χ0v) is 23.5. The van der Waals surface area contributed by atoms with Crippen molar-refractivity contribution in [1.29, 1.82) is 0 Å². The van der Waals surface area contributed by atoms with Gasteiger partial charge in [0.2, 0.25) is 10.0 Å². The summed E-state index contributed by atoms with van der Waals surface area (Å²) >= 11 is 0. The Morgan fingerprint density at radius 2 is 1.97 bits per heavy atom. The summed E-state index contributed by atoms with van der Waals surface area (Å²) in [5.41, 5.74) is 2.29. The van der Waals surface area contributed by atoms with E-state index in [0.717, 1.165) is 18.5 Å². The van der Waals surface area contributed by atoms with Crippen molar-refractivity contribution >= 4 is 21.8 Å². The highest BCUT2D eigenvalue weighted by Gasteiger charge is 2.30. The number of hydrogen-bond acceptors (Lipinski definition) is 8. The Bertz CT molecular complexity index is 1500. The summed E-state index contributed by atoms with van der Waals surface area (Å²) in [5, 5.41) is 26.3. The van der Waals surface area contributed by atoms with Crippen LogP contribution >= 0.6 is 0 Å². The molecule has 0 aliphatic carbocycles. The normalized spacial score (nSPS) is 15.5. The predicted octanol–water partition coefficient (Wildman–Crippen LogP) is 3.33. The second kappa shape index (κ2) is 12.3. The first-order chi connectivity index (χ1) is 18.8. The number of sulfonamides is 1. The maximum atomic E-state index is 13.6. The molecule has 0 amide bonds. The van der Waals surface area contributed by atoms with E-state index in [9.17, 15) is 23.5 Å². The molecule has 212 valence electrons. The van der Waals surface area contributed by atoms with Crippen LogP contribution in [0.1, 0.15) is 62.8 Å². The van der Waals surface area contributed by atoms with Crippen LogP contribution in [0.4, 0.5) is 0 Å². The smallest absolute Gasteiger partial charge is 0.275 e. The number of aromatic nitrogens is 3. The fourth-order valence-corrected chi connectivity index (χ4v) is 6.71. The quantitative estimate of drug-likeness (QED) is 0.185. The third kappa shape index (κ3) is 5.73. The summed E-state index contributed by atoms with van der Waals surface area (Å²) in [6.45, 7) is 7.02. The molecule has 1 aliphatic rings. The largest absolute Gasteiger partial charge is 0.493 e. The summed E-state index contributed by atoms with van der Waals surface area (Å²) in [6, 6.07) is 4.65. The highest BCUT2D eigenvalue weighted by molar-refractivity contribution is 7.89. The number of benzene rings is 1. The molecule has 0 radical (unpaired) electrons. The Balaban J connectivity index is 1.84. The van der Waals surface area contributed by atoms with Crippen LogP contribution in [0.3, 0.4) is 0 Å². The lowest BCUT2D eigenvalue weighted by atomic mass is 9.95. The van der Waals surface area contributed by atoms with Gasteiger partial charge in [0.05, 0.1) is 29.0 Å². The number of aromatic amines is 1. The van der Waals surface area contributed by atoms with Gasteiger partial charge in [0, 0.05) is 25.3 Å². The second-order valence-corrected chi connectivity index (χ2v) is 11.8. The van der Waals surface area contributed by atoms with Gasteiger partial charge in [-0.2, -0.15) is 4.31 Å². The van der Waals surface area contributed by atoms with Gasteiger partial charge in [0.15, 0.2) is 5.82 Å². The molecule has 0 atom stereocenters. The number of aliphatic hydroxyl groups excluding tert-OH is 1. The minimum atomic E-state index is -3.80. The minimum absolute atomic E-state index is 0.0928. The lowest BCUT2D eigenvalue weighted by molar-refractivity contribution is 0.208. The zero-order valence-electron chi connectivity index (χ0n) is 22.7. The van der Waals surface area contributed by atoms with Crippen molar-refractivity contribution < 1.29 is 23.5 Å². The Labute approximate surface area is 228 Å². The Morgan fingerprint density at radius 3 is 2.62 bits per heavy atom. The first-order valence-electron chi connectivity index (χ1n) is 13.5. The van der Waals surface area contributed by atoms with E-state index in [1.54, 1.807) is 17.5 Å². The van der Waals surface area contributed by atoms with E-state index >= 15 is 0 Å². The van der Waals surface area contributed by atoms with E-state index in [4.69, 9.17) is 9.84 Å². The summed E-state index contributed by atoms with van der Waals surface area (Å²) in [4.78, 5) is 16.2. The van der Waals surface area contributed by atoms with Gasteiger partial charge in [0.1, 0.15) is 11.3 Å². The maximum Gasteiger partial charge on any atom is 0.275 e. The number of hydrogen-bond donors (Lipinski definition) is 3. The average molecular weight is 560 g/mol. The first-order valence-corrected chi connectivity index (χ1v) is 14.9. The van der Waals surface area contributed by atoms with Gasteiger partial charge < -0.3 is 20.0 Å². The number of aliphatic hydroxyl groups is 1. The number of aryl methyl sites for hydroxylation is 2. The molecule has 1 fully saturated rings. The third-order valence-electron chi connectivity index (χ3n) is 7.27. The Morgan fingerprint density at radius 1 is 1.23 bits per heavy atom. The second-order valence-electron chi connectivity index (χ2n) is 9.91. The van der Waals surface area contributed by atoms with Crippen molar-refractivity contribution in [3.05, 3.63) is 45.4 Å². The van der Waals surface area contributed by atoms with Crippen molar-refractivity contribution in [2.75, 3.05) is 26.3 Å². The van der Waals surface area contributed by atoms with Crippen molar-refractivity contribution in [2.45, 2.75) is 64.2 Å². The van der Waals surface area contributed by atoms with Gasteiger partial charge in [-0.25, -0.2) is 12.9 Å². The molecule has 0 spiro atoms. The van der Waals surface area contributed by atoms with Gasteiger partial charge in [-0.1, -0.05) is 25.4 Å². The molecule has 11 nitrogen and oxygen atoms in total. The highest BCUT2D eigenvalue weighted by atomic mass is 32.2. The molecule has 12 heteroatoms. The molecule has 1 saturated heterocycles. The molecule has 0 saturated carbocycles. The van der Waals surface area contributed by atoms with E-state index in [1.807, 2.05) is 13.8 Å². The molecule has 39 heavy (non-hydrogen) atoms. The number of ether oxygens (including phenoxy) is 1. The van der Waals surface area contributed by atoms with Crippen LogP contribution in [0.2, 0.25) is 0 Å². The van der Waals surface area contributed by atoms with Crippen LogP contribution in [-0.4, -0.2) is 70.2 Å². The van der Waals surface area contributed by atoms with Gasteiger partial charge in [0.25, 0.3) is 5.56 Å². The maximum absolute atomic E-state index is 13.6. The molecule has 3 N–H and O–H groups in total. The molecule has 0 unspecified atom stereocenters. The summed E-state index contributed by atoms with van der Waals surface area (Å²) in [7, 11) is -3.80. The number of H-pyrrole nitrogens is 1. The standard InChI is InChI=1S/C27H37N5O6S/c1-4-6-23-22(17-28-35)18(3)25-27(34)29-26(30-32(23)25)21-16-20(7-8-24(21)38-15-5-2)39(36,37)31-12-9-19(10-13-31)11-14-33/h7-8,16-17,19,33,35H,4-6,9-15H2,1-3H3,(H,29,30,34). The van der Waals surface area contributed by atoms with Gasteiger partial charge in [-0.3, -0.25) is 4.79 Å². The zero-order chi connectivity index (χ0) is 28.2. The number of fused-ring (bicyclic) bond motifs is 1. The predicted molar refractivity (Wildman–Crippen MR) is 148 cm³/mol. The number of rotatable bonds is 11. The molecular weight excluding hydrogens is 522 g/mol. The topological polar surface area (TPSA) is 150 Å². The van der Waals surface area contributed by atoms with Crippen molar-refractivity contribution in [3.8, 4) is 17.1 Å². The van der Waals surface area contributed by atoms with E-state index < -0.39 is 15.6 Å². The first kappa shape index (κ1) is 28.8. The van der Waals surface area contributed by atoms with Crippen LogP contribution in [0.15, 0.2) is 33.0 Å². The van der Waals surface area contributed by atoms with Crippen LogP contribution in [0.5, 0.6) is 5.75 Å². The molecule has 3 heterocycles. The lowest BCUT2D eigenvalue weighted by Crippen LogP contribution is -2.38. The number of nitrogens with zero attached hydrogens (tertiary/aromatic N) is 4. The number of nitrogens with one attached hydrogen (secondary N) is 1. The molecule has 4 rings (SSSR count). The van der Waals surface area contributed by atoms with Crippen molar-refractivity contribution in [1.82, 2.24) is 18.9 Å². The number of piperidine rings is 1. The van der Waals surface area contributed by atoms with Crippen molar-refractivity contribution in [3.63, 3.8) is 0 Å². The summed E-state index contributed by atoms with van der Waals surface area (Å²) in [6.07, 6.45) is 5.48. The van der Waals surface area contributed by atoms with Crippen LogP contribution in [0.25, 0.3) is 16.9 Å². The average Bonchev–Trinajstić information content (AvgIpc) is 3.19. The van der Waals surface area contributed by atoms with Crippen LogP contribution in [-0.2, 0) is 16.4 Å². The third-order valence-corrected chi connectivity index (χ3v) is 9.17. The molecular formula is C27H37N5O6S. The molecule has 3 aromatic rings. The molecule has 2 aromatic heterocycles. The minimum Gasteiger partial charge on any atom is -0.493 e. The lowest BCUT2D eigenvalue weighted by Gasteiger charge is -2.31. The van der Waals surface area contributed by atoms with E-state index in [2.05, 4.69) is 10.1 Å². The van der Waals surface area contributed by atoms with Crippen LogP contribution < -0.4 is 10.3 Å². The molecule has 1 aliphatic heterocycles. The van der Waals surface area contributed by atoms with E-state index in [-0.39, 0.29) is 17.3 Å².